The normalized spacial score (nSPS) is 10.5. The molecule has 2 aromatic rings. The highest BCUT2D eigenvalue weighted by Gasteiger charge is 2.08. The topological polar surface area (TPSA) is 35.2 Å². The molecule has 0 aliphatic heterocycles. The van der Waals surface area contributed by atoms with Gasteiger partial charge in [-0.2, -0.15) is 0 Å². The number of ether oxygens (including phenoxy) is 1. The van der Waals surface area contributed by atoms with Crippen LogP contribution in [0.2, 0.25) is 5.02 Å². The molecule has 0 aliphatic carbocycles. The molecule has 0 saturated carbocycles. The molecule has 1 aromatic carbocycles. The number of rotatable bonds is 3. The molecule has 0 unspecified atom stereocenters. The Balaban J connectivity index is 2.14. The van der Waals surface area contributed by atoms with Crippen LogP contribution in [0.3, 0.4) is 0 Å². The minimum absolute atomic E-state index is 0.487. The SMILES string of the molecule is Nc1cc(Cl)cc(Br)c1OCc1cc(Br)cs1. The average molecular weight is 398 g/mol. The summed E-state index contributed by atoms with van der Waals surface area (Å²) in [6.45, 7) is 0.487. The molecule has 0 radical (unpaired) electrons. The highest BCUT2D eigenvalue weighted by atomic mass is 79.9. The van der Waals surface area contributed by atoms with Crippen LogP contribution >= 0.6 is 54.8 Å². The van der Waals surface area contributed by atoms with Gasteiger partial charge in [0.2, 0.25) is 0 Å². The lowest BCUT2D eigenvalue weighted by Crippen LogP contribution is -1.98. The summed E-state index contributed by atoms with van der Waals surface area (Å²) >= 11 is 14.3. The summed E-state index contributed by atoms with van der Waals surface area (Å²) in [5, 5.41) is 2.60. The van der Waals surface area contributed by atoms with Crippen molar-refractivity contribution in [3.8, 4) is 5.75 Å². The number of thiophene rings is 1. The van der Waals surface area contributed by atoms with Gasteiger partial charge in [-0.15, -0.1) is 11.3 Å². The zero-order valence-corrected chi connectivity index (χ0v) is 13.3. The van der Waals surface area contributed by atoms with Gasteiger partial charge < -0.3 is 10.5 Å². The van der Waals surface area contributed by atoms with E-state index < -0.39 is 0 Å². The number of anilines is 1. The van der Waals surface area contributed by atoms with E-state index in [9.17, 15) is 0 Å². The third-order valence-electron chi connectivity index (χ3n) is 2.02. The zero-order valence-electron chi connectivity index (χ0n) is 8.54. The summed E-state index contributed by atoms with van der Waals surface area (Å²) in [6, 6.07) is 5.45. The second-order valence-electron chi connectivity index (χ2n) is 3.33. The largest absolute Gasteiger partial charge is 0.485 e. The smallest absolute Gasteiger partial charge is 0.156 e. The van der Waals surface area contributed by atoms with E-state index in [4.69, 9.17) is 22.1 Å². The predicted molar refractivity (Wildman–Crippen MR) is 79.9 cm³/mol. The van der Waals surface area contributed by atoms with Crippen molar-refractivity contribution in [2.24, 2.45) is 0 Å². The molecule has 2 rings (SSSR count). The molecule has 90 valence electrons. The lowest BCUT2D eigenvalue weighted by atomic mass is 10.3. The standard InChI is InChI=1S/C11H8Br2ClNOS/c12-6-1-8(17-5-6)4-16-11-9(13)2-7(14)3-10(11)15/h1-3,5H,4,15H2. The summed E-state index contributed by atoms with van der Waals surface area (Å²) in [6.07, 6.45) is 0. The summed E-state index contributed by atoms with van der Waals surface area (Å²) in [4.78, 5) is 1.12. The molecule has 1 heterocycles. The molecule has 0 bridgehead atoms. The Labute approximate surface area is 125 Å². The van der Waals surface area contributed by atoms with Crippen LogP contribution in [0, 0.1) is 0 Å². The van der Waals surface area contributed by atoms with Crippen LogP contribution in [0.4, 0.5) is 5.69 Å². The molecule has 17 heavy (non-hydrogen) atoms. The molecule has 2 N–H and O–H groups in total. The molecule has 0 aliphatic rings. The highest BCUT2D eigenvalue weighted by molar-refractivity contribution is 9.10. The Hall–Kier alpha value is -0.230. The molecular weight excluding hydrogens is 389 g/mol. The van der Waals surface area contributed by atoms with Crippen LogP contribution in [0.15, 0.2) is 32.5 Å². The number of nitrogens with two attached hydrogens (primary N) is 1. The van der Waals surface area contributed by atoms with Gasteiger partial charge in [0.25, 0.3) is 0 Å². The third-order valence-corrected chi connectivity index (χ3v) is 4.50. The fraction of sp³-hybridized carbons (Fsp3) is 0.0909. The van der Waals surface area contributed by atoms with Crippen LogP contribution in [-0.4, -0.2) is 0 Å². The van der Waals surface area contributed by atoms with E-state index in [1.54, 1.807) is 23.5 Å². The van der Waals surface area contributed by atoms with Crippen LogP contribution in [0.5, 0.6) is 5.75 Å². The second kappa shape index (κ2) is 5.61. The van der Waals surface area contributed by atoms with E-state index in [0.29, 0.717) is 23.1 Å². The van der Waals surface area contributed by atoms with Crippen molar-refractivity contribution in [2.75, 3.05) is 5.73 Å². The Bertz CT molecular complexity index is 521. The van der Waals surface area contributed by atoms with Crippen LogP contribution < -0.4 is 10.5 Å². The first-order valence-electron chi connectivity index (χ1n) is 4.66. The van der Waals surface area contributed by atoms with E-state index in [1.165, 1.54) is 0 Å². The van der Waals surface area contributed by atoms with Gasteiger partial charge in [-0.05, 0) is 50.1 Å². The zero-order chi connectivity index (χ0) is 12.4. The first kappa shape index (κ1) is 13.2. The first-order valence-corrected chi connectivity index (χ1v) is 7.51. The van der Waals surface area contributed by atoms with E-state index in [2.05, 4.69) is 31.9 Å². The molecule has 6 heteroatoms. The first-order chi connectivity index (χ1) is 8.06. The Morgan fingerprint density at radius 3 is 2.65 bits per heavy atom. The van der Waals surface area contributed by atoms with Gasteiger partial charge in [0.05, 0.1) is 10.2 Å². The fourth-order valence-corrected chi connectivity index (χ4v) is 3.62. The Morgan fingerprint density at radius 2 is 2.06 bits per heavy atom. The summed E-state index contributed by atoms with van der Waals surface area (Å²) in [5.74, 6) is 0.624. The lowest BCUT2D eigenvalue weighted by Gasteiger charge is -2.10. The maximum Gasteiger partial charge on any atom is 0.156 e. The van der Waals surface area contributed by atoms with Crippen LogP contribution in [-0.2, 0) is 6.61 Å². The summed E-state index contributed by atoms with van der Waals surface area (Å²) in [5.41, 5.74) is 6.37. The van der Waals surface area contributed by atoms with E-state index >= 15 is 0 Å². The van der Waals surface area contributed by atoms with Gasteiger partial charge in [0.1, 0.15) is 6.61 Å². The van der Waals surface area contributed by atoms with Gasteiger partial charge in [-0.3, -0.25) is 0 Å². The van der Waals surface area contributed by atoms with Crippen LogP contribution in [0.1, 0.15) is 4.88 Å². The second-order valence-corrected chi connectivity index (χ2v) is 6.53. The third kappa shape index (κ3) is 3.37. The minimum atomic E-state index is 0.487. The van der Waals surface area contributed by atoms with Gasteiger partial charge >= 0.3 is 0 Å². The number of hydrogen-bond acceptors (Lipinski definition) is 3. The molecule has 0 saturated heterocycles. The summed E-state index contributed by atoms with van der Waals surface area (Å²) < 4.78 is 7.50. The Kier molecular flexibility index (Phi) is 4.36. The van der Waals surface area contributed by atoms with E-state index in [-0.39, 0.29) is 0 Å². The molecule has 0 fully saturated rings. The maximum atomic E-state index is 5.87. The van der Waals surface area contributed by atoms with E-state index in [0.717, 1.165) is 13.8 Å². The van der Waals surface area contributed by atoms with Gasteiger partial charge in [-0.25, -0.2) is 0 Å². The monoisotopic (exact) mass is 395 g/mol. The minimum Gasteiger partial charge on any atom is -0.485 e. The van der Waals surface area contributed by atoms with Crippen molar-refractivity contribution < 1.29 is 4.74 Å². The number of halogens is 3. The van der Waals surface area contributed by atoms with Gasteiger partial charge in [0, 0.05) is 19.8 Å². The van der Waals surface area contributed by atoms with Crippen molar-refractivity contribution in [2.45, 2.75) is 6.61 Å². The van der Waals surface area contributed by atoms with Crippen molar-refractivity contribution in [1.82, 2.24) is 0 Å². The fourth-order valence-electron chi connectivity index (χ4n) is 1.31. The van der Waals surface area contributed by atoms with Crippen molar-refractivity contribution in [1.29, 1.82) is 0 Å². The number of benzene rings is 1. The van der Waals surface area contributed by atoms with Crippen molar-refractivity contribution >= 4 is 60.5 Å². The molecule has 0 amide bonds. The quantitative estimate of drug-likeness (QED) is 0.733. The summed E-state index contributed by atoms with van der Waals surface area (Å²) in [7, 11) is 0. The number of nitrogen functional groups attached to an aromatic ring is 1. The molecular formula is C11H8Br2ClNOS. The average Bonchev–Trinajstić information content (AvgIpc) is 2.62. The Morgan fingerprint density at radius 1 is 1.29 bits per heavy atom. The molecule has 1 aromatic heterocycles. The maximum absolute atomic E-state index is 5.87. The number of hydrogen-bond donors (Lipinski definition) is 1. The van der Waals surface area contributed by atoms with Crippen molar-refractivity contribution in [3.05, 3.63) is 42.4 Å². The molecule has 0 atom stereocenters. The molecule has 0 spiro atoms. The van der Waals surface area contributed by atoms with E-state index in [1.807, 2.05) is 11.4 Å². The highest BCUT2D eigenvalue weighted by Crippen LogP contribution is 2.35. The van der Waals surface area contributed by atoms with Crippen LogP contribution in [0.25, 0.3) is 0 Å². The molecule has 2 nitrogen and oxygen atoms in total. The van der Waals surface area contributed by atoms with Gasteiger partial charge in [-0.1, -0.05) is 11.6 Å². The lowest BCUT2D eigenvalue weighted by molar-refractivity contribution is 0.309. The van der Waals surface area contributed by atoms with Gasteiger partial charge in [0.15, 0.2) is 5.75 Å². The van der Waals surface area contributed by atoms with Crippen molar-refractivity contribution in [3.63, 3.8) is 0 Å². The predicted octanol–water partition coefficient (Wildman–Crippen LogP) is 5.09.